The summed E-state index contributed by atoms with van der Waals surface area (Å²) in [7, 11) is 0. The largest absolute Gasteiger partial charge is 0.462 e. The van der Waals surface area contributed by atoms with Crippen molar-refractivity contribution >= 4 is 5.97 Å². The van der Waals surface area contributed by atoms with Crippen molar-refractivity contribution in [1.82, 2.24) is 0 Å². The van der Waals surface area contributed by atoms with E-state index in [0.717, 1.165) is 53.4 Å². The Hall–Kier alpha value is -2.53. The van der Waals surface area contributed by atoms with Crippen LogP contribution >= 0.6 is 0 Å². The number of ether oxygens (including phenoxy) is 1. The fraction of sp³-hybridized carbons (Fsp3) is 0.559. The number of rotatable bonds is 2. The summed E-state index contributed by atoms with van der Waals surface area (Å²) in [5.41, 5.74) is 2.63. The summed E-state index contributed by atoms with van der Waals surface area (Å²) in [6.45, 7) is 11.0. The zero-order valence-corrected chi connectivity index (χ0v) is 22.6. The molecule has 6 rings (SSSR count). The fourth-order valence-corrected chi connectivity index (χ4v) is 8.24. The molecule has 11 unspecified atom stereocenters. The van der Waals surface area contributed by atoms with Crippen LogP contribution in [0, 0.1) is 65.1 Å². The molecule has 0 aliphatic heterocycles. The van der Waals surface area contributed by atoms with Crippen molar-refractivity contribution in [2.45, 2.75) is 65.9 Å². The van der Waals surface area contributed by atoms with Crippen LogP contribution in [-0.2, 0) is 9.53 Å². The Bertz CT molecular complexity index is 1090. The zero-order chi connectivity index (χ0) is 25.4. The molecule has 4 aliphatic rings. The van der Waals surface area contributed by atoms with Gasteiger partial charge in [-0.3, -0.25) is 4.79 Å². The van der Waals surface area contributed by atoms with Gasteiger partial charge in [0, 0.05) is 24.3 Å². The fourth-order valence-electron chi connectivity index (χ4n) is 8.24. The molecule has 0 aromatic heterocycles. The van der Waals surface area contributed by atoms with Crippen molar-refractivity contribution in [2.75, 3.05) is 0 Å². The van der Waals surface area contributed by atoms with Crippen molar-refractivity contribution < 1.29 is 9.53 Å². The lowest BCUT2D eigenvalue weighted by molar-refractivity contribution is -0.150. The Labute approximate surface area is 218 Å². The third kappa shape index (κ3) is 4.74. The number of hydrogen-bond acceptors (Lipinski definition) is 2. The molecule has 2 nitrogen and oxygen atoms in total. The second kappa shape index (κ2) is 10.5. The van der Waals surface area contributed by atoms with E-state index in [4.69, 9.17) is 4.74 Å². The van der Waals surface area contributed by atoms with Crippen LogP contribution in [0.5, 0.6) is 0 Å². The van der Waals surface area contributed by atoms with Crippen molar-refractivity contribution in [2.24, 2.45) is 53.3 Å². The van der Waals surface area contributed by atoms with Crippen molar-refractivity contribution in [3.05, 3.63) is 71.8 Å². The maximum atomic E-state index is 10.8. The summed E-state index contributed by atoms with van der Waals surface area (Å²) in [5, 5.41) is 0. The van der Waals surface area contributed by atoms with Gasteiger partial charge in [0.05, 0.1) is 0 Å². The van der Waals surface area contributed by atoms with E-state index in [0.29, 0.717) is 17.8 Å². The first-order chi connectivity index (χ1) is 17.3. The number of esters is 1. The van der Waals surface area contributed by atoms with Gasteiger partial charge in [-0.2, -0.15) is 0 Å². The highest BCUT2D eigenvalue weighted by Gasteiger charge is 2.54. The minimum absolute atomic E-state index is 0.114. The number of hydrogen-bond donors (Lipinski definition) is 0. The van der Waals surface area contributed by atoms with E-state index in [1.165, 1.54) is 25.3 Å². The van der Waals surface area contributed by atoms with Gasteiger partial charge in [-0.1, -0.05) is 88.1 Å². The molecule has 4 aliphatic carbocycles. The number of fused-ring (bicyclic) bond motifs is 4. The van der Waals surface area contributed by atoms with Gasteiger partial charge in [-0.15, -0.1) is 0 Å². The maximum absolute atomic E-state index is 10.8. The van der Waals surface area contributed by atoms with Crippen molar-refractivity contribution in [1.29, 1.82) is 0 Å². The third-order valence-corrected chi connectivity index (χ3v) is 10.5. The molecular weight excluding hydrogens is 440 g/mol. The average Bonchev–Trinajstić information content (AvgIpc) is 3.61. The monoisotopic (exact) mass is 482 g/mol. The Kier molecular flexibility index (Phi) is 7.30. The summed E-state index contributed by atoms with van der Waals surface area (Å²) in [6, 6.07) is 21.5. The van der Waals surface area contributed by atoms with Crippen LogP contribution in [0.25, 0.3) is 0 Å². The SMILES string of the molecule is CC(=O)OC1CC2CC1C(C)C2C.CC1C(C)C2CC1C(C#Cc1ccccc1)C2c1ccccc1. The van der Waals surface area contributed by atoms with Gasteiger partial charge in [0.15, 0.2) is 0 Å². The molecule has 36 heavy (non-hydrogen) atoms. The Balaban J connectivity index is 0.000000174. The van der Waals surface area contributed by atoms with Gasteiger partial charge in [0.2, 0.25) is 0 Å². The Morgan fingerprint density at radius 2 is 1.36 bits per heavy atom. The van der Waals surface area contributed by atoms with E-state index >= 15 is 0 Å². The summed E-state index contributed by atoms with van der Waals surface area (Å²) in [6.07, 6.45) is 3.97. The van der Waals surface area contributed by atoms with Gasteiger partial charge >= 0.3 is 5.97 Å². The zero-order valence-electron chi connectivity index (χ0n) is 22.6. The molecule has 0 saturated heterocycles. The molecule has 0 spiro atoms. The molecule has 0 N–H and O–H groups in total. The average molecular weight is 483 g/mol. The molecule has 4 fully saturated rings. The lowest BCUT2D eigenvalue weighted by atomic mass is 9.67. The quantitative estimate of drug-likeness (QED) is 0.325. The van der Waals surface area contributed by atoms with Gasteiger partial charge in [-0.05, 0) is 84.3 Å². The third-order valence-electron chi connectivity index (χ3n) is 10.5. The second-order valence-electron chi connectivity index (χ2n) is 12.1. The van der Waals surface area contributed by atoms with Crippen LogP contribution in [0.15, 0.2) is 60.7 Å². The topological polar surface area (TPSA) is 26.3 Å². The second-order valence-corrected chi connectivity index (χ2v) is 12.1. The van der Waals surface area contributed by atoms with E-state index < -0.39 is 0 Å². The molecule has 190 valence electrons. The van der Waals surface area contributed by atoms with Crippen LogP contribution in [0.4, 0.5) is 0 Å². The first-order valence-electron chi connectivity index (χ1n) is 14.1. The van der Waals surface area contributed by atoms with E-state index in [1.807, 2.05) is 0 Å². The first-order valence-corrected chi connectivity index (χ1v) is 14.1. The van der Waals surface area contributed by atoms with Crippen LogP contribution < -0.4 is 0 Å². The van der Waals surface area contributed by atoms with E-state index in [1.54, 1.807) is 0 Å². The Morgan fingerprint density at radius 3 is 1.97 bits per heavy atom. The number of carbonyl (C=O) groups is 1. The highest BCUT2D eigenvalue weighted by atomic mass is 16.5. The molecule has 4 bridgehead atoms. The smallest absolute Gasteiger partial charge is 0.302 e. The molecule has 0 heterocycles. The highest BCUT2D eigenvalue weighted by Crippen LogP contribution is 2.61. The lowest BCUT2D eigenvalue weighted by Crippen LogP contribution is -2.31. The van der Waals surface area contributed by atoms with Gasteiger partial charge < -0.3 is 4.74 Å². The van der Waals surface area contributed by atoms with Crippen molar-refractivity contribution in [3.63, 3.8) is 0 Å². The molecule has 2 aromatic rings. The standard InChI is InChI=1S/C23H24.C11H18O2/c1-16-17(2)22-15-21(16)20(14-13-18-9-5-3-6-10-18)23(22)19-11-7-4-8-12-19;1-6-7(2)10-4-9(6)5-11(10)13-8(3)12/h3-12,16-17,20-23H,15H2,1-2H3;6-7,9-11H,4-5H2,1-3H3. The Morgan fingerprint density at radius 1 is 0.750 bits per heavy atom. The van der Waals surface area contributed by atoms with Gasteiger partial charge in [-0.25, -0.2) is 0 Å². The summed E-state index contributed by atoms with van der Waals surface area (Å²) < 4.78 is 5.32. The summed E-state index contributed by atoms with van der Waals surface area (Å²) in [5.74, 6) is 14.3. The van der Waals surface area contributed by atoms with Crippen LogP contribution in [0.3, 0.4) is 0 Å². The molecule has 4 saturated carbocycles. The predicted octanol–water partition coefficient (Wildman–Crippen LogP) is 7.59. The number of benzene rings is 2. The highest BCUT2D eigenvalue weighted by molar-refractivity contribution is 5.66. The molecule has 0 amide bonds. The minimum Gasteiger partial charge on any atom is -0.462 e. The normalized spacial score (nSPS) is 39.6. The molecule has 11 atom stereocenters. The van der Waals surface area contributed by atoms with E-state index in [-0.39, 0.29) is 12.1 Å². The lowest BCUT2D eigenvalue weighted by Gasteiger charge is -2.36. The van der Waals surface area contributed by atoms with Crippen LogP contribution in [0.1, 0.15) is 70.9 Å². The number of carbonyl (C=O) groups excluding carboxylic acids is 1. The van der Waals surface area contributed by atoms with E-state index in [9.17, 15) is 4.79 Å². The maximum Gasteiger partial charge on any atom is 0.302 e. The molecular formula is C34H42O2. The van der Waals surface area contributed by atoms with E-state index in [2.05, 4.69) is 100 Å². The molecule has 2 aromatic carbocycles. The summed E-state index contributed by atoms with van der Waals surface area (Å²) >= 11 is 0. The predicted molar refractivity (Wildman–Crippen MR) is 146 cm³/mol. The minimum atomic E-state index is -0.114. The first kappa shape index (κ1) is 25.1. The van der Waals surface area contributed by atoms with Gasteiger partial charge in [0.25, 0.3) is 0 Å². The van der Waals surface area contributed by atoms with Crippen molar-refractivity contribution in [3.8, 4) is 11.8 Å². The summed E-state index contributed by atoms with van der Waals surface area (Å²) in [4.78, 5) is 10.8. The van der Waals surface area contributed by atoms with Crippen LogP contribution in [0.2, 0.25) is 0 Å². The molecule has 2 heteroatoms. The van der Waals surface area contributed by atoms with Crippen LogP contribution in [-0.4, -0.2) is 12.1 Å². The van der Waals surface area contributed by atoms with Gasteiger partial charge in [0.1, 0.15) is 6.10 Å². The molecule has 0 radical (unpaired) electrons.